The Morgan fingerprint density at radius 2 is 2.00 bits per heavy atom. The van der Waals surface area contributed by atoms with E-state index in [4.69, 9.17) is 4.74 Å². The molecule has 0 aliphatic carbocycles. The summed E-state index contributed by atoms with van der Waals surface area (Å²) in [5, 5.41) is 0.235. The summed E-state index contributed by atoms with van der Waals surface area (Å²) in [6, 6.07) is 7.26. The lowest BCUT2D eigenvalue weighted by Crippen LogP contribution is -2.40. The molecule has 0 atom stereocenters. The zero-order chi connectivity index (χ0) is 20.6. The predicted octanol–water partition coefficient (Wildman–Crippen LogP) is 2.13. The van der Waals surface area contributed by atoms with Crippen molar-refractivity contribution in [3.8, 4) is 11.1 Å². The largest absolute Gasteiger partial charge is 0.458 e. The topological polar surface area (TPSA) is 84.4 Å². The molecule has 0 spiro atoms. The van der Waals surface area contributed by atoms with Crippen LogP contribution < -0.4 is 16.2 Å². The van der Waals surface area contributed by atoms with E-state index in [0.29, 0.717) is 22.5 Å². The third kappa shape index (κ3) is 3.20. The van der Waals surface area contributed by atoms with Crippen LogP contribution in [-0.4, -0.2) is 21.7 Å². The Kier molecular flexibility index (Phi) is 5.33. The molecule has 0 bridgehead atoms. The van der Waals surface area contributed by atoms with E-state index in [-0.39, 0.29) is 17.6 Å². The van der Waals surface area contributed by atoms with Gasteiger partial charge in [-0.05, 0) is 24.6 Å². The Bertz CT molecular complexity index is 1240. The minimum absolute atomic E-state index is 0.0412. The molecule has 2 heterocycles. The highest BCUT2D eigenvalue weighted by atomic mass is 79.9. The Morgan fingerprint density at radius 1 is 1.29 bits per heavy atom. The van der Waals surface area contributed by atoms with Crippen molar-refractivity contribution in [1.82, 2.24) is 9.13 Å². The van der Waals surface area contributed by atoms with E-state index in [1.807, 2.05) is 18.2 Å². The normalized spacial score (nSPS) is 10.9. The lowest BCUT2D eigenvalue weighted by atomic mass is 9.96. The van der Waals surface area contributed by atoms with Crippen LogP contribution in [0.15, 0.2) is 51.0 Å². The molecule has 7 nitrogen and oxygen atoms in total. The number of halogens is 1. The van der Waals surface area contributed by atoms with Gasteiger partial charge in [0, 0.05) is 17.1 Å². The third-order valence-corrected chi connectivity index (χ3v) is 4.99. The molecule has 0 saturated carbocycles. The van der Waals surface area contributed by atoms with Gasteiger partial charge in [-0.1, -0.05) is 40.7 Å². The molecule has 0 radical (unpaired) electrons. The van der Waals surface area contributed by atoms with Crippen LogP contribution in [0.3, 0.4) is 0 Å². The molecule has 1 N–H and O–H groups in total. The quantitative estimate of drug-likeness (QED) is 0.455. The minimum atomic E-state index is -0.582. The van der Waals surface area contributed by atoms with Crippen LogP contribution in [0.1, 0.15) is 16.1 Å². The number of aromatic nitrogens is 3. The number of nitrogens with one attached hydrogen (secondary N) is 1. The number of ether oxygens (including phenoxy) is 1. The van der Waals surface area contributed by atoms with Crippen molar-refractivity contribution in [2.45, 2.75) is 6.92 Å². The van der Waals surface area contributed by atoms with Crippen LogP contribution >= 0.6 is 15.9 Å². The number of aryl methyl sites for hydroxylation is 2. The average molecular weight is 445 g/mol. The predicted molar refractivity (Wildman–Crippen MR) is 109 cm³/mol. The number of aromatic amines is 1. The van der Waals surface area contributed by atoms with Gasteiger partial charge >= 0.3 is 11.7 Å². The number of carbonyl (C=O) groups excluding carboxylic acids is 1. The smallest absolute Gasteiger partial charge is 0.417 e. The number of pyridine rings is 1. The average Bonchev–Trinajstić information content (AvgIpc) is 2.67. The van der Waals surface area contributed by atoms with Crippen LogP contribution in [-0.2, 0) is 18.8 Å². The van der Waals surface area contributed by atoms with Gasteiger partial charge < -0.3 is 4.74 Å². The molecule has 2 aromatic heterocycles. The number of nitrogens with zero attached hydrogens (tertiary/aromatic N) is 2. The Balaban J connectivity index is 2.56. The highest BCUT2D eigenvalue weighted by Crippen LogP contribution is 2.31. The summed E-state index contributed by atoms with van der Waals surface area (Å²) < 4.78 is 8.42. The molecule has 0 unspecified atom stereocenters. The molecule has 8 heteroatoms. The van der Waals surface area contributed by atoms with Gasteiger partial charge in [0.2, 0.25) is 0 Å². The fraction of sp³-hybridized carbons (Fsp3) is 0.200. The monoisotopic (exact) mass is 444 g/mol. The summed E-state index contributed by atoms with van der Waals surface area (Å²) >= 11 is 3.43. The molecule has 0 aliphatic rings. The summed E-state index contributed by atoms with van der Waals surface area (Å²) in [5.74, 6) is -0.582. The maximum Gasteiger partial charge on any atom is 0.417 e. The van der Waals surface area contributed by atoms with E-state index in [0.717, 1.165) is 9.04 Å². The van der Waals surface area contributed by atoms with Gasteiger partial charge in [-0.25, -0.2) is 19.1 Å². The van der Waals surface area contributed by atoms with Crippen molar-refractivity contribution in [3.63, 3.8) is 0 Å². The number of hydrogen-bond acceptors (Lipinski definition) is 4. The first-order valence-corrected chi connectivity index (χ1v) is 9.26. The maximum absolute atomic E-state index is 13.0. The second-order valence-electron chi connectivity index (χ2n) is 6.33. The van der Waals surface area contributed by atoms with Crippen molar-refractivity contribution in [3.05, 3.63) is 73.5 Å². The van der Waals surface area contributed by atoms with Crippen LogP contribution in [0.4, 0.5) is 0 Å². The first-order valence-electron chi connectivity index (χ1n) is 8.47. The van der Waals surface area contributed by atoms with E-state index in [2.05, 4.69) is 27.5 Å². The van der Waals surface area contributed by atoms with Gasteiger partial charge in [-0.15, -0.1) is 0 Å². The van der Waals surface area contributed by atoms with Gasteiger partial charge in [0.25, 0.3) is 11.2 Å². The second kappa shape index (κ2) is 7.55. The van der Waals surface area contributed by atoms with Gasteiger partial charge in [-0.2, -0.15) is 4.57 Å². The van der Waals surface area contributed by atoms with E-state index in [1.54, 1.807) is 20.0 Å². The zero-order valence-corrected chi connectivity index (χ0v) is 17.3. The van der Waals surface area contributed by atoms with Crippen molar-refractivity contribution in [2.75, 3.05) is 6.61 Å². The molecule has 3 rings (SSSR count). The van der Waals surface area contributed by atoms with Crippen LogP contribution in [0.25, 0.3) is 22.2 Å². The Hall–Kier alpha value is -3.00. The molecule has 28 heavy (non-hydrogen) atoms. The molecular weight excluding hydrogens is 426 g/mol. The van der Waals surface area contributed by atoms with Crippen LogP contribution in [0, 0.1) is 6.92 Å². The Morgan fingerprint density at radius 3 is 2.64 bits per heavy atom. The second-order valence-corrected chi connectivity index (χ2v) is 7.24. The molecular formula is C20H19BrN3O4+. The first-order chi connectivity index (χ1) is 13.3. The number of carbonyl (C=O) groups is 1. The number of H-pyrrole nitrogens is 1. The van der Waals surface area contributed by atoms with Gasteiger partial charge in [-0.3, -0.25) is 4.79 Å². The lowest BCUT2D eigenvalue weighted by Gasteiger charge is -2.14. The van der Waals surface area contributed by atoms with Crippen molar-refractivity contribution in [1.29, 1.82) is 0 Å². The highest BCUT2D eigenvalue weighted by Gasteiger charge is 2.28. The zero-order valence-electron chi connectivity index (χ0n) is 15.7. The van der Waals surface area contributed by atoms with Crippen molar-refractivity contribution < 1.29 is 14.5 Å². The van der Waals surface area contributed by atoms with Crippen molar-refractivity contribution >= 4 is 32.9 Å². The molecule has 0 saturated heterocycles. The number of rotatable bonds is 4. The fourth-order valence-corrected chi connectivity index (χ4v) is 3.56. The van der Waals surface area contributed by atoms with Gasteiger partial charge in [0.1, 0.15) is 23.3 Å². The SMILES string of the molecule is C=CCOC(=O)c1c(C)[nH+]c2c(c1-c1cccc(Br)c1)c(=O)n(C)c(=O)n2C. The number of benzene rings is 1. The summed E-state index contributed by atoms with van der Waals surface area (Å²) in [6.45, 7) is 5.30. The molecule has 144 valence electrons. The van der Waals surface area contributed by atoms with Gasteiger partial charge in [0.05, 0.1) is 7.05 Å². The highest BCUT2D eigenvalue weighted by molar-refractivity contribution is 9.10. The standard InChI is InChI=1S/C20H18BrN3O4/c1-5-9-28-19(26)14-11(2)22-17-16(18(25)24(4)20(27)23(17)3)15(14)12-7-6-8-13(21)10-12/h5-8,10H,1,9H2,2-4H3/p+1. The summed E-state index contributed by atoms with van der Waals surface area (Å²) in [7, 11) is 2.98. The summed E-state index contributed by atoms with van der Waals surface area (Å²) in [5.41, 5.74) is 1.16. The molecule has 0 aliphatic heterocycles. The minimum Gasteiger partial charge on any atom is -0.458 e. The van der Waals surface area contributed by atoms with E-state index < -0.39 is 17.2 Å². The van der Waals surface area contributed by atoms with Crippen LogP contribution in [0.2, 0.25) is 0 Å². The number of fused-ring (bicyclic) bond motifs is 1. The number of esters is 1. The van der Waals surface area contributed by atoms with E-state index in [9.17, 15) is 14.4 Å². The molecule has 0 fully saturated rings. The third-order valence-electron chi connectivity index (χ3n) is 4.50. The molecule has 1 aromatic carbocycles. The maximum atomic E-state index is 13.0. The fourth-order valence-electron chi connectivity index (χ4n) is 3.16. The summed E-state index contributed by atoms with van der Waals surface area (Å²) in [6.07, 6.45) is 1.47. The molecule has 3 aromatic rings. The van der Waals surface area contributed by atoms with Crippen molar-refractivity contribution in [2.24, 2.45) is 14.1 Å². The van der Waals surface area contributed by atoms with E-state index in [1.165, 1.54) is 17.7 Å². The van der Waals surface area contributed by atoms with Crippen LogP contribution in [0.5, 0.6) is 0 Å². The van der Waals surface area contributed by atoms with E-state index >= 15 is 0 Å². The van der Waals surface area contributed by atoms with Gasteiger partial charge in [0.15, 0.2) is 0 Å². The Labute approximate surface area is 169 Å². The summed E-state index contributed by atoms with van der Waals surface area (Å²) in [4.78, 5) is 41.2. The number of hydrogen-bond donors (Lipinski definition) is 0. The lowest BCUT2D eigenvalue weighted by molar-refractivity contribution is -0.359. The molecule has 0 amide bonds. The first kappa shape index (κ1) is 19.8.